The quantitative estimate of drug-likeness (QED) is 0.423. The maximum atomic E-state index is 12.3. The molecule has 0 aliphatic rings. The van der Waals surface area contributed by atoms with E-state index in [4.69, 9.17) is 10.8 Å². The highest BCUT2D eigenvalue weighted by Gasteiger charge is 2.16. The molecule has 2 amide bonds. The highest BCUT2D eigenvalue weighted by molar-refractivity contribution is 6.08. The Morgan fingerprint density at radius 1 is 1.19 bits per heavy atom. The lowest BCUT2D eigenvalue weighted by atomic mass is 10.2. The fourth-order valence-corrected chi connectivity index (χ4v) is 2.18. The predicted octanol–water partition coefficient (Wildman–Crippen LogP) is 2.37. The number of carbonyl (C=O) groups excluding carboxylic acids is 2. The van der Waals surface area contributed by atoms with Crippen LogP contribution in [0.1, 0.15) is 17.3 Å². The molecule has 0 aromatic heterocycles. The summed E-state index contributed by atoms with van der Waals surface area (Å²) in [4.78, 5) is 36.3. The minimum absolute atomic E-state index is 0.0634. The van der Waals surface area contributed by atoms with Crippen LogP contribution in [-0.2, 0) is 9.59 Å². The summed E-state index contributed by atoms with van der Waals surface area (Å²) >= 11 is 0. The number of carbonyl (C=O) groups is 3. The van der Waals surface area contributed by atoms with Gasteiger partial charge in [-0.1, -0.05) is 6.07 Å². The molecule has 0 fully saturated rings. The summed E-state index contributed by atoms with van der Waals surface area (Å²) in [6, 6.07) is 13.6. The van der Waals surface area contributed by atoms with Gasteiger partial charge < -0.3 is 16.2 Å². The number of nitrogens with two attached hydrogens (primary N) is 1. The number of hydrogen-bond donors (Lipinski definition) is 3. The van der Waals surface area contributed by atoms with Crippen molar-refractivity contribution in [3.05, 3.63) is 65.9 Å². The second-order valence-corrected chi connectivity index (χ2v) is 5.48. The summed E-state index contributed by atoms with van der Waals surface area (Å²) in [5.41, 5.74) is 6.61. The minimum Gasteiger partial charge on any atom is -0.478 e. The topological polar surface area (TPSA) is 137 Å². The molecule has 8 heteroatoms. The lowest BCUT2D eigenvalue weighted by Crippen LogP contribution is -2.25. The van der Waals surface area contributed by atoms with Crippen LogP contribution in [0.5, 0.6) is 0 Å². The van der Waals surface area contributed by atoms with Gasteiger partial charge in [-0.2, -0.15) is 5.26 Å². The number of benzene rings is 2. The summed E-state index contributed by atoms with van der Waals surface area (Å²) < 4.78 is 0. The maximum absolute atomic E-state index is 12.3. The van der Waals surface area contributed by atoms with Crippen molar-refractivity contribution < 1.29 is 19.5 Å². The van der Waals surface area contributed by atoms with Gasteiger partial charge in [0.25, 0.3) is 5.91 Å². The lowest BCUT2D eigenvalue weighted by molar-refractivity contribution is -0.116. The van der Waals surface area contributed by atoms with E-state index >= 15 is 0 Å². The second kappa shape index (κ2) is 8.31. The molecule has 0 saturated carbocycles. The molecule has 0 aliphatic heterocycles. The van der Waals surface area contributed by atoms with Gasteiger partial charge in [0.05, 0.1) is 11.3 Å². The third-order valence-electron chi connectivity index (χ3n) is 3.50. The van der Waals surface area contributed by atoms with Gasteiger partial charge in [0.15, 0.2) is 0 Å². The zero-order valence-corrected chi connectivity index (χ0v) is 14.3. The highest BCUT2D eigenvalue weighted by atomic mass is 16.4. The van der Waals surface area contributed by atoms with Crippen molar-refractivity contribution in [2.45, 2.75) is 6.92 Å². The number of aromatic carboxylic acids is 1. The zero-order chi connectivity index (χ0) is 20.0. The number of carboxylic acid groups (broad SMARTS) is 1. The van der Waals surface area contributed by atoms with E-state index in [1.165, 1.54) is 37.3 Å². The third-order valence-corrected chi connectivity index (χ3v) is 3.50. The number of nitrogens with zero attached hydrogens (tertiary/aromatic N) is 2. The Hall–Kier alpha value is -4.12. The zero-order valence-electron chi connectivity index (χ0n) is 14.3. The first-order valence-corrected chi connectivity index (χ1v) is 7.74. The van der Waals surface area contributed by atoms with Crippen LogP contribution in [0, 0.1) is 11.3 Å². The molecule has 0 saturated heterocycles. The van der Waals surface area contributed by atoms with E-state index in [-0.39, 0.29) is 11.1 Å². The molecule has 0 radical (unpaired) electrons. The smallest absolute Gasteiger partial charge is 0.335 e. The van der Waals surface area contributed by atoms with Crippen molar-refractivity contribution in [2.24, 2.45) is 0 Å². The Bertz CT molecular complexity index is 958. The predicted molar refractivity (Wildman–Crippen MR) is 99.7 cm³/mol. The van der Waals surface area contributed by atoms with Gasteiger partial charge in [-0.15, -0.1) is 0 Å². The van der Waals surface area contributed by atoms with Crippen LogP contribution in [-0.4, -0.2) is 22.9 Å². The van der Waals surface area contributed by atoms with Crippen LogP contribution in [0.15, 0.2) is 60.3 Å². The van der Waals surface area contributed by atoms with E-state index in [1.807, 2.05) is 0 Å². The van der Waals surface area contributed by atoms with E-state index in [0.29, 0.717) is 17.1 Å². The van der Waals surface area contributed by atoms with Crippen LogP contribution in [0.25, 0.3) is 0 Å². The minimum atomic E-state index is -1.09. The average Bonchev–Trinajstić information content (AvgIpc) is 2.62. The molecule has 0 heterocycles. The monoisotopic (exact) mass is 364 g/mol. The summed E-state index contributed by atoms with van der Waals surface area (Å²) in [5.74, 6) is -2.24. The number of nitriles is 1. The molecule has 8 nitrogen and oxygen atoms in total. The number of hydrogen-bond acceptors (Lipinski definition) is 5. The SMILES string of the molecule is CC(=O)N(/C=C(/C#N)C(=O)Nc1ccc(C(=O)O)cc1)c1cccc(N)c1. The largest absolute Gasteiger partial charge is 0.478 e. The van der Waals surface area contributed by atoms with Crippen molar-refractivity contribution in [3.63, 3.8) is 0 Å². The van der Waals surface area contributed by atoms with Crippen LogP contribution < -0.4 is 16.0 Å². The average molecular weight is 364 g/mol. The van der Waals surface area contributed by atoms with E-state index in [9.17, 15) is 19.6 Å². The first-order valence-electron chi connectivity index (χ1n) is 7.74. The fourth-order valence-electron chi connectivity index (χ4n) is 2.18. The second-order valence-electron chi connectivity index (χ2n) is 5.48. The van der Waals surface area contributed by atoms with Crippen molar-refractivity contribution in [2.75, 3.05) is 16.0 Å². The molecule has 0 aliphatic carbocycles. The summed E-state index contributed by atoms with van der Waals surface area (Å²) in [5, 5.41) is 20.7. The van der Waals surface area contributed by atoms with Crippen molar-refractivity contribution in [1.29, 1.82) is 5.26 Å². The third kappa shape index (κ3) is 4.93. The Kier molecular flexibility index (Phi) is 5.91. The van der Waals surface area contributed by atoms with Crippen molar-refractivity contribution in [3.8, 4) is 6.07 Å². The first-order chi connectivity index (χ1) is 12.8. The van der Waals surface area contributed by atoms with E-state index < -0.39 is 17.8 Å². The molecule has 0 bridgehead atoms. The Balaban J connectivity index is 2.27. The van der Waals surface area contributed by atoms with Gasteiger partial charge in [-0.3, -0.25) is 14.5 Å². The number of nitrogen functional groups attached to an aromatic ring is 1. The van der Waals surface area contributed by atoms with Crippen molar-refractivity contribution >= 4 is 34.8 Å². The Labute approximate surface area is 155 Å². The van der Waals surface area contributed by atoms with E-state index in [0.717, 1.165) is 11.1 Å². The molecule has 4 N–H and O–H groups in total. The fraction of sp³-hybridized carbons (Fsp3) is 0.0526. The first kappa shape index (κ1) is 19.2. The van der Waals surface area contributed by atoms with Crippen LogP contribution in [0.2, 0.25) is 0 Å². The standard InChI is InChI=1S/C19H16N4O4/c1-12(24)23(17-4-2-3-15(21)9-17)11-14(10-20)18(25)22-16-7-5-13(6-8-16)19(26)27/h2-9,11H,21H2,1H3,(H,22,25)(H,26,27)/b14-11-. The Morgan fingerprint density at radius 3 is 2.37 bits per heavy atom. The Morgan fingerprint density at radius 2 is 1.85 bits per heavy atom. The van der Waals surface area contributed by atoms with Gasteiger partial charge in [0.2, 0.25) is 5.91 Å². The molecule has 2 aromatic carbocycles. The number of amides is 2. The summed E-state index contributed by atoms with van der Waals surface area (Å²) in [6.07, 6.45) is 1.12. The van der Waals surface area contributed by atoms with Crippen LogP contribution >= 0.6 is 0 Å². The molecule has 27 heavy (non-hydrogen) atoms. The van der Waals surface area contributed by atoms with Crippen molar-refractivity contribution in [1.82, 2.24) is 0 Å². The molecule has 136 valence electrons. The number of rotatable bonds is 5. The van der Waals surface area contributed by atoms with Gasteiger partial charge in [-0.05, 0) is 42.5 Å². The molecule has 0 atom stereocenters. The number of nitrogens with one attached hydrogen (secondary N) is 1. The maximum Gasteiger partial charge on any atom is 0.335 e. The lowest BCUT2D eigenvalue weighted by Gasteiger charge is -2.17. The molecule has 2 rings (SSSR count). The molecular weight excluding hydrogens is 348 g/mol. The van der Waals surface area contributed by atoms with Gasteiger partial charge in [-0.25, -0.2) is 4.79 Å². The number of anilines is 3. The normalized spacial score (nSPS) is 10.6. The van der Waals surface area contributed by atoms with Crippen LogP contribution in [0.3, 0.4) is 0 Å². The van der Waals surface area contributed by atoms with Gasteiger partial charge in [0.1, 0.15) is 11.6 Å². The highest BCUT2D eigenvalue weighted by Crippen LogP contribution is 2.19. The van der Waals surface area contributed by atoms with E-state index in [2.05, 4.69) is 5.32 Å². The summed E-state index contributed by atoms with van der Waals surface area (Å²) in [6.45, 7) is 1.29. The van der Waals surface area contributed by atoms with Gasteiger partial charge in [0, 0.05) is 24.5 Å². The molecule has 0 unspecified atom stereocenters. The molecule has 2 aromatic rings. The number of carboxylic acids is 1. The van der Waals surface area contributed by atoms with E-state index in [1.54, 1.807) is 24.3 Å². The summed E-state index contributed by atoms with van der Waals surface area (Å²) in [7, 11) is 0. The molecular formula is C19H16N4O4. The molecule has 0 spiro atoms. The van der Waals surface area contributed by atoms with Gasteiger partial charge >= 0.3 is 5.97 Å². The van der Waals surface area contributed by atoms with Crippen LogP contribution in [0.4, 0.5) is 17.1 Å².